The number of halogens is 6. The zero-order valence-electron chi connectivity index (χ0n) is 46.8. The maximum atomic E-state index is 14.0. The minimum atomic E-state index is -2.01. The Hall–Kier alpha value is -3.62. The van der Waals surface area contributed by atoms with Gasteiger partial charge in [-0.25, -0.2) is 31.9 Å². The second-order valence-corrected chi connectivity index (χ2v) is 23.8. The van der Waals surface area contributed by atoms with Crippen molar-refractivity contribution in [3.05, 3.63) is 81.7 Å². The molecule has 2 aliphatic heterocycles. The zero-order valence-corrected chi connectivity index (χ0v) is 50.1. The van der Waals surface area contributed by atoms with Gasteiger partial charge in [-0.3, -0.25) is 9.79 Å². The van der Waals surface area contributed by atoms with Crippen LogP contribution in [0, 0.1) is 17.7 Å². The molecule has 1 saturated carbocycles. The smallest absolute Gasteiger partial charge is 0.313 e. The predicted octanol–water partition coefficient (Wildman–Crippen LogP) is 9.02. The number of aliphatic imine (C=N–C) groups is 2. The summed E-state index contributed by atoms with van der Waals surface area (Å²) in [5.41, 5.74) is 2.70. The molecule has 0 amide bonds. The van der Waals surface area contributed by atoms with E-state index >= 15 is 0 Å². The minimum absolute atomic E-state index is 0.0447. The molecule has 3 N–H and O–H groups in total. The molecule has 3 aromatic rings. The summed E-state index contributed by atoms with van der Waals surface area (Å²) in [6.07, 6.45) is 7.98. The number of carbonyl (C=O) groups excluding carboxylic acids is 1. The highest BCUT2D eigenvalue weighted by molar-refractivity contribution is 7.54. The Balaban J connectivity index is 0.00000171. The average Bonchev–Trinajstić information content (AvgIpc) is 3.53. The van der Waals surface area contributed by atoms with Crippen LogP contribution in [0.25, 0.3) is 0 Å². The third-order valence-electron chi connectivity index (χ3n) is 13.6. The minimum Gasteiger partial charge on any atom is -0.421 e. The van der Waals surface area contributed by atoms with E-state index in [9.17, 15) is 32.1 Å². The first-order chi connectivity index (χ1) is 40.2. The van der Waals surface area contributed by atoms with Crippen molar-refractivity contribution in [3.63, 3.8) is 0 Å². The zero-order chi connectivity index (χ0) is 59.3. The Morgan fingerprint density at radius 3 is 2.33 bits per heavy atom. The second-order valence-electron chi connectivity index (χ2n) is 20.0. The van der Waals surface area contributed by atoms with Crippen LogP contribution in [0.15, 0.2) is 64.1 Å². The Morgan fingerprint density at radius 2 is 1.67 bits per heavy atom. The van der Waals surface area contributed by atoms with E-state index in [1.807, 2.05) is 4.90 Å². The van der Waals surface area contributed by atoms with Gasteiger partial charge < -0.3 is 62.2 Å². The molecule has 0 spiro atoms. The van der Waals surface area contributed by atoms with Gasteiger partial charge in [0.05, 0.1) is 116 Å². The second kappa shape index (κ2) is 37.8. The Labute approximate surface area is 494 Å². The summed E-state index contributed by atoms with van der Waals surface area (Å²) >= 11 is 12.7. The fraction of sp³-hybridized carbons (Fsp3) is 0.667. The maximum Gasteiger partial charge on any atom is 0.313 e. The van der Waals surface area contributed by atoms with E-state index in [0.717, 1.165) is 37.3 Å². The summed E-state index contributed by atoms with van der Waals surface area (Å²) in [5.74, 6) is -2.26. The van der Waals surface area contributed by atoms with Crippen LogP contribution in [-0.2, 0) is 67.1 Å². The first-order valence-electron chi connectivity index (χ1n) is 27.9. The topological polar surface area (TPSA) is 237 Å². The molecule has 4 heterocycles. The summed E-state index contributed by atoms with van der Waals surface area (Å²) < 4.78 is 109. The number of hydrogen-bond donors (Lipinski definition) is 3. The third kappa shape index (κ3) is 24.6. The number of amidine groups is 1. The molecule has 2 aromatic heterocycles. The van der Waals surface area contributed by atoms with Crippen molar-refractivity contribution >= 4 is 64.1 Å². The van der Waals surface area contributed by atoms with Crippen molar-refractivity contribution in [1.29, 1.82) is 0 Å². The molecular formula is C54H78Cl2F4N8O13P2. The van der Waals surface area contributed by atoms with Crippen molar-refractivity contribution in [2.75, 3.05) is 111 Å². The lowest BCUT2D eigenvalue weighted by molar-refractivity contribution is -0.141. The number of fused-ring (bicyclic) bond motifs is 1. The van der Waals surface area contributed by atoms with Crippen LogP contribution in [0.2, 0.25) is 5.02 Å². The highest BCUT2D eigenvalue weighted by Gasteiger charge is 2.53. The fourth-order valence-electron chi connectivity index (χ4n) is 8.96. The standard InChI is InChI=1S/C50H71Cl2F4N8O12P.C4H7OP/c1-36(4-3-14-68-16-10-47(65)76-48-44(55)29-39(54)30-45(48)56)9-15-69-19-20-71-18-13-63-33-40(60-61-63)34-74-26-25-73-24-23-72-22-21-70-17-12-62(32-37-5-6-38(53)28-43(37)52)50(58-35-51)42-31-59-64(49(42)57-2)46-8-7-41(75-46)11-27-77(66)67;5-6-2-3-1-4(3)6/h5-6,28-29,31,33,36,39,41,46,66-67H,2-4,7-27,30,32,34-35H2,1H3;3-5H,1-2H2/b58-50+;. The molecular weight excluding hydrogens is 1180 g/mol. The van der Waals surface area contributed by atoms with Crippen molar-refractivity contribution in [2.45, 2.75) is 109 Å². The number of rotatable bonds is 40. The van der Waals surface area contributed by atoms with Crippen molar-refractivity contribution in [1.82, 2.24) is 29.7 Å². The molecule has 0 radical (unpaired) electrons. The van der Waals surface area contributed by atoms with Crippen molar-refractivity contribution < 1.29 is 79.7 Å². The lowest BCUT2D eigenvalue weighted by Gasteiger charge is -2.27. The maximum absolute atomic E-state index is 14.0. The van der Waals surface area contributed by atoms with Gasteiger partial charge in [-0.15, -0.1) is 16.7 Å². The van der Waals surface area contributed by atoms with Crippen LogP contribution >= 0.6 is 39.7 Å². The highest BCUT2D eigenvalue weighted by Crippen LogP contribution is 2.68. The van der Waals surface area contributed by atoms with Gasteiger partial charge in [0.2, 0.25) is 0 Å². The van der Waals surface area contributed by atoms with Crippen LogP contribution < -0.4 is 0 Å². The molecule has 4 aliphatic rings. The van der Waals surface area contributed by atoms with Gasteiger partial charge in [-0.1, -0.05) is 29.8 Å². The lowest BCUT2D eigenvalue weighted by Crippen LogP contribution is -2.35. The number of esters is 1. The number of hydrogen-bond acceptors (Lipinski definition) is 18. The van der Waals surface area contributed by atoms with Crippen molar-refractivity contribution in [2.24, 2.45) is 21.8 Å². The molecule has 7 unspecified atom stereocenters. The molecule has 83 heavy (non-hydrogen) atoms. The van der Waals surface area contributed by atoms with Gasteiger partial charge in [0.25, 0.3) is 0 Å². The largest absolute Gasteiger partial charge is 0.421 e. The van der Waals surface area contributed by atoms with Crippen LogP contribution in [0.1, 0.15) is 87.8 Å². The number of allylic oxidation sites excluding steroid dienone is 3. The summed E-state index contributed by atoms with van der Waals surface area (Å²) in [7, 11) is -2.41. The van der Waals surface area contributed by atoms with E-state index < -0.39 is 64.5 Å². The SMILES string of the molecule is C=Nc1c(/C(=N\CCl)N(CCOCCOCCOCCOCc2cn(CCOCCOCCC(C)CCCOCCC(=O)OC3=C(F)CC(F)C=C3F)nn2)Cc2ccc(F)cc2Cl)cnn1C1CCC(CCP(O)O)O1.OP1CC2CC21. The Kier molecular flexibility index (Phi) is 31.2. The molecule has 7 atom stereocenters. The van der Waals surface area contributed by atoms with Gasteiger partial charge in [0.1, 0.15) is 35.3 Å². The number of nitrogens with zero attached hydrogens (tertiary/aromatic N) is 8. The molecule has 3 fully saturated rings. The first-order valence-corrected chi connectivity index (χ1v) is 31.8. The number of benzene rings is 1. The van der Waals surface area contributed by atoms with E-state index in [0.29, 0.717) is 139 Å². The Bertz CT molecular complexity index is 2520. The third-order valence-corrected chi connectivity index (χ3v) is 17.0. The van der Waals surface area contributed by atoms with E-state index in [-0.39, 0.29) is 56.1 Å². The number of ether oxygens (including phenoxy) is 9. The van der Waals surface area contributed by atoms with Gasteiger partial charge in [0.15, 0.2) is 32.0 Å². The van der Waals surface area contributed by atoms with Gasteiger partial charge in [-0.2, -0.15) is 5.10 Å². The van der Waals surface area contributed by atoms with E-state index in [1.54, 1.807) is 27.8 Å². The predicted molar refractivity (Wildman–Crippen MR) is 306 cm³/mol. The lowest BCUT2D eigenvalue weighted by atomic mass is 10.0. The fourth-order valence-corrected chi connectivity index (χ4v) is 11.7. The van der Waals surface area contributed by atoms with Gasteiger partial charge >= 0.3 is 5.97 Å². The normalized spacial score (nSPS) is 20.7. The molecule has 21 nitrogen and oxygen atoms in total. The molecule has 2 saturated heterocycles. The van der Waals surface area contributed by atoms with Crippen LogP contribution in [0.4, 0.5) is 23.4 Å². The number of carbonyl (C=O) groups is 1. The highest BCUT2D eigenvalue weighted by atomic mass is 35.5. The molecule has 464 valence electrons. The van der Waals surface area contributed by atoms with Crippen LogP contribution in [0.3, 0.4) is 0 Å². The Morgan fingerprint density at radius 1 is 0.964 bits per heavy atom. The van der Waals surface area contributed by atoms with Gasteiger partial charge in [0, 0.05) is 57.7 Å². The van der Waals surface area contributed by atoms with Crippen LogP contribution in [-0.4, -0.2) is 192 Å². The van der Waals surface area contributed by atoms with Crippen molar-refractivity contribution in [3.8, 4) is 0 Å². The van der Waals surface area contributed by atoms with E-state index in [2.05, 4.69) is 39.0 Å². The van der Waals surface area contributed by atoms with E-state index in [1.165, 1.54) is 24.7 Å². The summed E-state index contributed by atoms with van der Waals surface area (Å²) in [5, 5.41) is 13.1. The summed E-state index contributed by atoms with van der Waals surface area (Å²) in [6, 6.07) is 4.12. The van der Waals surface area contributed by atoms with E-state index in [4.69, 9.17) is 70.7 Å². The molecule has 29 heteroatoms. The first kappa shape index (κ1) is 68.5. The quantitative estimate of drug-likeness (QED) is 0.00704. The average molecular weight is 1260 g/mol. The van der Waals surface area contributed by atoms with Crippen LogP contribution in [0.5, 0.6) is 0 Å². The molecule has 2 aliphatic carbocycles. The summed E-state index contributed by atoms with van der Waals surface area (Å²) in [6.45, 7) is 12.0. The monoisotopic (exact) mass is 1250 g/mol. The molecule has 7 rings (SSSR count). The number of alkyl halides is 2. The molecule has 1 aromatic carbocycles. The van der Waals surface area contributed by atoms with Gasteiger partial charge in [-0.05, 0) is 93.4 Å². The number of aromatic nitrogens is 5. The summed E-state index contributed by atoms with van der Waals surface area (Å²) in [4.78, 5) is 50.2. The molecule has 0 bridgehead atoms.